The Morgan fingerprint density at radius 1 is 1.24 bits per heavy atom. The lowest BCUT2D eigenvalue weighted by molar-refractivity contribution is -0.126. The first-order valence-electron chi connectivity index (χ1n) is 9.14. The van der Waals surface area contributed by atoms with Gasteiger partial charge in [0, 0.05) is 44.8 Å². The Morgan fingerprint density at radius 3 is 2.64 bits per heavy atom. The van der Waals surface area contributed by atoms with E-state index in [4.69, 9.17) is 4.74 Å². The van der Waals surface area contributed by atoms with Crippen LogP contribution in [0.1, 0.15) is 18.9 Å². The third-order valence-corrected chi connectivity index (χ3v) is 4.98. The first-order valence-corrected chi connectivity index (χ1v) is 9.14. The second-order valence-corrected chi connectivity index (χ2v) is 6.67. The predicted octanol–water partition coefficient (Wildman–Crippen LogP) is 1.05. The van der Waals surface area contributed by atoms with E-state index < -0.39 is 0 Å². The molecule has 2 fully saturated rings. The Labute approximate surface area is 149 Å². The molecule has 0 spiro atoms. The lowest BCUT2D eigenvalue weighted by atomic mass is 10.1. The fourth-order valence-electron chi connectivity index (χ4n) is 3.35. The maximum absolute atomic E-state index is 12.4. The normalized spacial score (nSPS) is 21.6. The minimum absolute atomic E-state index is 0.0192. The summed E-state index contributed by atoms with van der Waals surface area (Å²) in [6.45, 7) is 7.38. The van der Waals surface area contributed by atoms with Crippen LogP contribution in [0.3, 0.4) is 0 Å². The van der Waals surface area contributed by atoms with Gasteiger partial charge in [-0.25, -0.2) is 0 Å². The predicted molar refractivity (Wildman–Crippen MR) is 96.5 cm³/mol. The molecule has 2 saturated heterocycles. The fourth-order valence-corrected chi connectivity index (χ4v) is 3.35. The van der Waals surface area contributed by atoms with Gasteiger partial charge in [0.25, 0.3) is 0 Å². The molecule has 136 valence electrons. The van der Waals surface area contributed by atoms with Gasteiger partial charge < -0.3 is 15.0 Å². The zero-order valence-electron chi connectivity index (χ0n) is 14.9. The van der Waals surface area contributed by atoms with Gasteiger partial charge in [-0.3, -0.25) is 14.5 Å². The van der Waals surface area contributed by atoms with E-state index in [9.17, 15) is 9.59 Å². The van der Waals surface area contributed by atoms with Crippen molar-refractivity contribution in [2.45, 2.75) is 19.8 Å². The number of rotatable bonds is 6. The van der Waals surface area contributed by atoms with Crippen molar-refractivity contribution in [3.05, 3.63) is 29.8 Å². The van der Waals surface area contributed by atoms with Crippen molar-refractivity contribution >= 4 is 17.5 Å². The van der Waals surface area contributed by atoms with Crippen molar-refractivity contribution in [2.75, 3.05) is 50.8 Å². The topological polar surface area (TPSA) is 61.9 Å². The fraction of sp³-hybridized carbons (Fsp3) is 0.579. The maximum Gasteiger partial charge on any atom is 0.227 e. The Kier molecular flexibility index (Phi) is 6.04. The Hall–Kier alpha value is -1.92. The number of anilines is 1. The molecule has 2 aliphatic rings. The number of aryl methyl sites for hydroxylation is 1. The number of carbonyl (C=O) groups is 2. The molecule has 0 aromatic heterocycles. The molecule has 1 atom stereocenters. The van der Waals surface area contributed by atoms with E-state index in [1.807, 2.05) is 24.3 Å². The van der Waals surface area contributed by atoms with Crippen LogP contribution in [-0.2, 0) is 20.7 Å². The highest BCUT2D eigenvalue weighted by Gasteiger charge is 2.34. The molecule has 1 aromatic rings. The average molecular weight is 345 g/mol. The molecule has 0 unspecified atom stereocenters. The van der Waals surface area contributed by atoms with Crippen LogP contribution >= 0.6 is 0 Å². The lowest BCUT2D eigenvalue weighted by Gasteiger charge is -2.26. The molecule has 2 amide bonds. The highest BCUT2D eigenvalue weighted by molar-refractivity contribution is 6.00. The molecule has 0 bridgehead atoms. The van der Waals surface area contributed by atoms with Crippen molar-refractivity contribution in [3.8, 4) is 0 Å². The molecule has 0 radical (unpaired) electrons. The van der Waals surface area contributed by atoms with Gasteiger partial charge in [-0.05, 0) is 24.1 Å². The molecule has 25 heavy (non-hydrogen) atoms. The smallest absolute Gasteiger partial charge is 0.227 e. The Morgan fingerprint density at radius 2 is 1.96 bits per heavy atom. The van der Waals surface area contributed by atoms with Gasteiger partial charge in [0.2, 0.25) is 11.8 Å². The molecule has 2 heterocycles. The number of carbonyl (C=O) groups excluding carboxylic acids is 2. The van der Waals surface area contributed by atoms with E-state index in [0.717, 1.165) is 45.0 Å². The highest BCUT2D eigenvalue weighted by Crippen LogP contribution is 2.25. The summed E-state index contributed by atoms with van der Waals surface area (Å²) in [5.74, 6) is -0.255. The summed E-state index contributed by atoms with van der Waals surface area (Å²) in [6, 6.07) is 8.02. The number of ether oxygens (including phenoxy) is 1. The number of nitrogens with zero attached hydrogens (tertiary/aromatic N) is 2. The van der Waals surface area contributed by atoms with Crippen molar-refractivity contribution < 1.29 is 14.3 Å². The maximum atomic E-state index is 12.4. The van der Waals surface area contributed by atoms with Crippen LogP contribution in [0.5, 0.6) is 0 Å². The molecule has 0 saturated carbocycles. The monoisotopic (exact) mass is 345 g/mol. The van der Waals surface area contributed by atoms with Gasteiger partial charge in [-0.15, -0.1) is 0 Å². The summed E-state index contributed by atoms with van der Waals surface area (Å²) in [5.41, 5.74) is 2.12. The number of hydrogen-bond donors (Lipinski definition) is 1. The first kappa shape index (κ1) is 17.9. The third-order valence-electron chi connectivity index (χ3n) is 4.98. The van der Waals surface area contributed by atoms with Gasteiger partial charge >= 0.3 is 0 Å². The summed E-state index contributed by atoms with van der Waals surface area (Å²) in [4.78, 5) is 28.7. The quantitative estimate of drug-likeness (QED) is 0.837. The zero-order valence-corrected chi connectivity index (χ0v) is 14.9. The van der Waals surface area contributed by atoms with E-state index in [0.29, 0.717) is 19.5 Å². The third kappa shape index (κ3) is 4.58. The Balaban J connectivity index is 1.48. The van der Waals surface area contributed by atoms with E-state index in [2.05, 4.69) is 17.1 Å². The van der Waals surface area contributed by atoms with Gasteiger partial charge in [0.15, 0.2) is 0 Å². The van der Waals surface area contributed by atoms with E-state index in [1.54, 1.807) is 4.90 Å². The van der Waals surface area contributed by atoms with Gasteiger partial charge in [-0.1, -0.05) is 19.1 Å². The highest BCUT2D eigenvalue weighted by atomic mass is 16.5. The minimum atomic E-state index is -0.261. The van der Waals surface area contributed by atoms with Gasteiger partial charge in [0.05, 0.1) is 19.1 Å². The van der Waals surface area contributed by atoms with Crippen LogP contribution in [0.4, 0.5) is 5.69 Å². The van der Waals surface area contributed by atoms with E-state index >= 15 is 0 Å². The van der Waals surface area contributed by atoms with Crippen molar-refractivity contribution in [1.29, 1.82) is 0 Å². The average Bonchev–Trinajstić information content (AvgIpc) is 3.04. The summed E-state index contributed by atoms with van der Waals surface area (Å²) >= 11 is 0. The first-order chi connectivity index (χ1) is 12.2. The van der Waals surface area contributed by atoms with Crippen LogP contribution in [0.2, 0.25) is 0 Å². The molecule has 0 aliphatic carbocycles. The van der Waals surface area contributed by atoms with Crippen LogP contribution in [0, 0.1) is 5.92 Å². The molecule has 3 rings (SSSR count). The standard InChI is InChI=1S/C19H27N3O3/c1-2-15-3-5-17(6-4-15)22-14-16(13-18(22)23)19(24)20-7-8-21-9-11-25-12-10-21/h3-6,16H,2,7-14H2,1H3,(H,20,24)/t16-/m1/s1. The van der Waals surface area contributed by atoms with Crippen LogP contribution in [0.25, 0.3) is 0 Å². The van der Waals surface area contributed by atoms with Gasteiger partial charge in [-0.2, -0.15) is 0 Å². The van der Waals surface area contributed by atoms with Crippen LogP contribution < -0.4 is 10.2 Å². The summed E-state index contributed by atoms with van der Waals surface area (Å²) < 4.78 is 5.32. The summed E-state index contributed by atoms with van der Waals surface area (Å²) in [6.07, 6.45) is 1.27. The van der Waals surface area contributed by atoms with E-state index in [1.165, 1.54) is 5.56 Å². The van der Waals surface area contributed by atoms with E-state index in [-0.39, 0.29) is 17.7 Å². The number of morpholine rings is 1. The number of nitrogens with one attached hydrogen (secondary N) is 1. The summed E-state index contributed by atoms with van der Waals surface area (Å²) in [5, 5.41) is 2.98. The van der Waals surface area contributed by atoms with Crippen LogP contribution in [0.15, 0.2) is 24.3 Å². The second kappa shape index (κ2) is 8.45. The molecule has 1 aromatic carbocycles. The Bertz CT molecular complexity index is 596. The van der Waals surface area contributed by atoms with Crippen molar-refractivity contribution in [2.24, 2.45) is 5.92 Å². The molecule has 1 N–H and O–H groups in total. The largest absolute Gasteiger partial charge is 0.379 e. The second-order valence-electron chi connectivity index (χ2n) is 6.67. The van der Waals surface area contributed by atoms with Crippen molar-refractivity contribution in [1.82, 2.24) is 10.2 Å². The zero-order chi connectivity index (χ0) is 17.6. The molecule has 6 heteroatoms. The number of benzene rings is 1. The number of amides is 2. The molecular weight excluding hydrogens is 318 g/mol. The minimum Gasteiger partial charge on any atom is -0.379 e. The van der Waals surface area contributed by atoms with Gasteiger partial charge in [0.1, 0.15) is 0 Å². The molecular formula is C19H27N3O3. The lowest BCUT2D eigenvalue weighted by Crippen LogP contribution is -2.42. The van der Waals surface area contributed by atoms with Crippen LogP contribution in [-0.4, -0.2) is 62.7 Å². The summed E-state index contributed by atoms with van der Waals surface area (Å²) in [7, 11) is 0. The van der Waals surface area contributed by atoms with Crippen molar-refractivity contribution in [3.63, 3.8) is 0 Å². The number of hydrogen-bond acceptors (Lipinski definition) is 4. The SMILES string of the molecule is CCc1ccc(N2C[C@H](C(=O)NCCN3CCOCC3)CC2=O)cc1. The molecule has 6 nitrogen and oxygen atoms in total. The molecule has 2 aliphatic heterocycles.